The molecule has 0 fully saturated rings. The van der Waals surface area contributed by atoms with Crippen LogP contribution in [0.2, 0.25) is 0 Å². The summed E-state index contributed by atoms with van der Waals surface area (Å²) in [4.78, 5) is 24.5. The zero-order valence-electron chi connectivity index (χ0n) is 16.5. The van der Waals surface area contributed by atoms with E-state index in [4.69, 9.17) is 0 Å². The van der Waals surface area contributed by atoms with Gasteiger partial charge in [-0.05, 0) is 44.0 Å². The van der Waals surface area contributed by atoms with Gasteiger partial charge in [0.2, 0.25) is 0 Å². The van der Waals surface area contributed by atoms with E-state index in [9.17, 15) is 9.18 Å². The van der Waals surface area contributed by atoms with E-state index in [0.717, 1.165) is 28.7 Å². The van der Waals surface area contributed by atoms with E-state index in [1.165, 1.54) is 17.4 Å². The molecule has 1 amide bonds. The first-order valence-electron chi connectivity index (χ1n) is 9.54. The van der Waals surface area contributed by atoms with Gasteiger partial charge >= 0.3 is 0 Å². The largest absolute Gasteiger partial charge is 0.361 e. The SMILES string of the molecule is CCNC(=NCCc1c[nH]c2ccc(F)cc12)NCCNC(=O)c1scnc1C. The molecule has 0 aliphatic rings. The van der Waals surface area contributed by atoms with Crippen LogP contribution in [0.1, 0.15) is 27.9 Å². The third-order valence-electron chi connectivity index (χ3n) is 4.38. The summed E-state index contributed by atoms with van der Waals surface area (Å²) < 4.78 is 13.5. The summed E-state index contributed by atoms with van der Waals surface area (Å²) in [7, 11) is 0. The summed E-state index contributed by atoms with van der Waals surface area (Å²) in [6, 6.07) is 4.73. The van der Waals surface area contributed by atoms with E-state index in [0.29, 0.717) is 36.9 Å². The highest BCUT2D eigenvalue weighted by molar-refractivity contribution is 7.11. The Morgan fingerprint density at radius 1 is 1.28 bits per heavy atom. The number of H-pyrrole nitrogens is 1. The van der Waals surface area contributed by atoms with Crippen molar-refractivity contribution in [2.45, 2.75) is 20.3 Å². The summed E-state index contributed by atoms with van der Waals surface area (Å²) in [5.74, 6) is 0.328. The van der Waals surface area contributed by atoms with Crippen molar-refractivity contribution in [3.05, 3.63) is 51.9 Å². The molecule has 0 radical (unpaired) electrons. The third kappa shape index (κ3) is 5.54. The molecule has 0 aliphatic carbocycles. The van der Waals surface area contributed by atoms with Gasteiger partial charge in [-0.2, -0.15) is 0 Å². The Bertz CT molecular complexity index is 996. The van der Waals surface area contributed by atoms with E-state index in [1.54, 1.807) is 17.6 Å². The minimum atomic E-state index is -0.243. The molecular formula is C20H25FN6OS. The molecule has 7 nitrogen and oxygen atoms in total. The van der Waals surface area contributed by atoms with E-state index >= 15 is 0 Å². The van der Waals surface area contributed by atoms with Crippen LogP contribution in [0.5, 0.6) is 0 Å². The molecule has 2 heterocycles. The first kappa shape index (κ1) is 20.8. The van der Waals surface area contributed by atoms with Gasteiger partial charge in [0.1, 0.15) is 10.7 Å². The number of carbonyl (C=O) groups is 1. The van der Waals surface area contributed by atoms with Gasteiger partial charge in [-0.3, -0.25) is 9.79 Å². The maximum Gasteiger partial charge on any atom is 0.263 e. The fourth-order valence-electron chi connectivity index (χ4n) is 2.94. The maximum absolute atomic E-state index is 13.5. The number of aromatic amines is 1. The number of aromatic nitrogens is 2. The van der Waals surface area contributed by atoms with Crippen LogP contribution in [0.15, 0.2) is 34.9 Å². The predicted molar refractivity (Wildman–Crippen MR) is 115 cm³/mol. The number of carbonyl (C=O) groups excluding carboxylic acids is 1. The van der Waals surface area contributed by atoms with Gasteiger partial charge in [0, 0.05) is 43.3 Å². The lowest BCUT2D eigenvalue weighted by Gasteiger charge is -2.11. The molecule has 0 saturated carbocycles. The summed E-state index contributed by atoms with van der Waals surface area (Å²) in [6.45, 7) is 6.13. The minimum absolute atomic E-state index is 0.111. The van der Waals surface area contributed by atoms with Crippen LogP contribution in [-0.2, 0) is 6.42 Å². The molecule has 0 aliphatic heterocycles. The summed E-state index contributed by atoms with van der Waals surface area (Å²) in [5, 5.41) is 10.2. The van der Waals surface area contributed by atoms with Crippen LogP contribution >= 0.6 is 11.3 Å². The quantitative estimate of drug-likeness (QED) is 0.258. The Morgan fingerprint density at radius 2 is 2.10 bits per heavy atom. The van der Waals surface area contributed by atoms with Crippen molar-refractivity contribution in [1.29, 1.82) is 0 Å². The summed E-state index contributed by atoms with van der Waals surface area (Å²) in [6.07, 6.45) is 2.60. The second-order valence-electron chi connectivity index (χ2n) is 6.46. The van der Waals surface area contributed by atoms with Gasteiger partial charge < -0.3 is 20.9 Å². The molecule has 0 spiro atoms. The van der Waals surface area contributed by atoms with Crippen LogP contribution in [0.3, 0.4) is 0 Å². The number of halogens is 1. The average molecular weight is 417 g/mol. The lowest BCUT2D eigenvalue weighted by Crippen LogP contribution is -2.41. The summed E-state index contributed by atoms with van der Waals surface area (Å²) in [5.41, 5.74) is 4.36. The lowest BCUT2D eigenvalue weighted by atomic mass is 10.1. The highest BCUT2D eigenvalue weighted by atomic mass is 32.1. The molecule has 0 bridgehead atoms. The van der Waals surface area contributed by atoms with E-state index in [1.807, 2.05) is 20.0 Å². The van der Waals surface area contributed by atoms with Crippen molar-refractivity contribution in [2.75, 3.05) is 26.2 Å². The number of benzene rings is 1. The number of nitrogens with zero attached hydrogens (tertiary/aromatic N) is 2. The van der Waals surface area contributed by atoms with E-state index in [2.05, 4.69) is 30.9 Å². The highest BCUT2D eigenvalue weighted by Crippen LogP contribution is 2.19. The number of aryl methyl sites for hydroxylation is 1. The highest BCUT2D eigenvalue weighted by Gasteiger charge is 2.10. The van der Waals surface area contributed by atoms with Crippen molar-refractivity contribution in [1.82, 2.24) is 25.9 Å². The smallest absolute Gasteiger partial charge is 0.263 e. The monoisotopic (exact) mass is 416 g/mol. The molecular weight excluding hydrogens is 391 g/mol. The number of fused-ring (bicyclic) bond motifs is 1. The van der Waals surface area contributed by atoms with Crippen molar-refractivity contribution >= 4 is 34.1 Å². The van der Waals surface area contributed by atoms with Crippen molar-refractivity contribution in [2.24, 2.45) is 4.99 Å². The Labute approximate surface area is 172 Å². The standard InChI is InChI=1S/C20H25FN6OS/c1-3-22-20(25-9-8-23-19(28)18-13(2)27-12-29-18)24-7-6-14-11-26-17-5-4-15(21)10-16(14)17/h4-5,10-12,26H,3,6-9H2,1-2H3,(H,23,28)(H2,22,24,25). The predicted octanol–water partition coefficient (Wildman–Crippen LogP) is 2.60. The molecule has 0 atom stereocenters. The van der Waals surface area contributed by atoms with Crippen LogP contribution in [0, 0.1) is 12.7 Å². The Balaban J connectivity index is 1.48. The molecule has 1 aromatic carbocycles. The van der Waals surface area contributed by atoms with Gasteiger partial charge in [0.15, 0.2) is 5.96 Å². The lowest BCUT2D eigenvalue weighted by molar-refractivity contribution is 0.0957. The topological polar surface area (TPSA) is 94.2 Å². The fourth-order valence-corrected chi connectivity index (χ4v) is 3.66. The maximum atomic E-state index is 13.5. The minimum Gasteiger partial charge on any atom is -0.361 e. The van der Waals surface area contributed by atoms with Gasteiger partial charge in [0.05, 0.1) is 11.2 Å². The van der Waals surface area contributed by atoms with Gasteiger partial charge in [0.25, 0.3) is 5.91 Å². The Hall–Kier alpha value is -2.94. The molecule has 3 rings (SSSR count). The number of rotatable bonds is 8. The average Bonchev–Trinajstić information content (AvgIpc) is 3.31. The third-order valence-corrected chi connectivity index (χ3v) is 5.31. The number of aliphatic imine (C=N–C) groups is 1. The molecule has 29 heavy (non-hydrogen) atoms. The zero-order valence-corrected chi connectivity index (χ0v) is 17.3. The molecule has 154 valence electrons. The Kier molecular flexibility index (Phi) is 7.18. The van der Waals surface area contributed by atoms with Crippen LogP contribution in [0.4, 0.5) is 4.39 Å². The number of guanidine groups is 1. The van der Waals surface area contributed by atoms with Gasteiger partial charge in [-0.25, -0.2) is 9.37 Å². The second-order valence-corrected chi connectivity index (χ2v) is 7.32. The molecule has 0 unspecified atom stereocenters. The first-order chi connectivity index (χ1) is 14.1. The van der Waals surface area contributed by atoms with Crippen molar-refractivity contribution < 1.29 is 9.18 Å². The van der Waals surface area contributed by atoms with Crippen LogP contribution < -0.4 is 16.0 Å². The van der Waals surface area contributed by atoms with Gasteiger partial charge in [-0.1, -0.05) is 0 Å². The van der Waals surface area contributed by atoms with Gasteiger partial charge in [-0.15, -0.1) is 11.3 Å². The number of amides is 1. The fraction of sp³-hybridized carbons (Fsp3) is 0.350. The van der Waals surface area contributed by atoms with Crippen molar-refractivity contribution in [3.8, 4) is 0 Å². The number of nitrogens with one attached hydrogen (secondary N) is 4. The van der Waals surface area contributed by atoms with E-state index < -0.39 is 0 Å². The Morgan fingerprint density at radius 3 is 2.86 bits per heavy atom. The molecule has 9 heteroatoms. The zero-order chi connectivity index (χ0) is 20.6. The first-order valence-corrected chi connectivity index (χ1v) is 10.4. The van der Waals surface area contributed by atoms with E-state index in [-0.39, 0.29) is 11.7 Å². The molecule has 3 aromatic rings. The summed E-state index contributed by atoms with van der Waals surface area (Å²) >= 11 is 1.34. The molecule has 0 saturated heterocycles. The van der Waals surface area contributed by atoms with Crippen LogP contribution in [-0.4, -0.2) is 48.0 Å². The number of hydrogen-bond donors (Lipinski definition) is 4. The van der Waals surface area contributed by atoms with Crippen LogP contribution in [0.25, 0.3) is 10.9 Å². The molecule has 2 aromatic heterocycles. The van der Waals surface area contributed by atoms with Crippen molar-refractivity contribution in [3.63, 3.8) is 0 Å². The second kappa shape index (κ2) is 10.0. The molecule has 4 N–H and O–H groups in total. The number of thiazole rings is 1. The number of hydrogen-bond acceptors (Lipinski definition) is 4. The normalized spacial score (nSPS) is 11.6.